The summed E-state index contributed by atoms with van der Waals surface area (Å²) in [5, 5.41) is 5.38. The van der Waals surface area contributed by atoms with Crippen molar-refractivity contribution in [1.82, 2.24) is 20.5 Å². The Morgan fingerprint density at radius 2 is 1.74 bits per heavy atom. The lowest BCUT2D eigenvalue weighted by atomic mass is 10.1. The minimum atomic E-state index is -0.797. The molecule has 0 aliphatic carbocycles. The molecule has 2 N–H and O–H groups in total. The molecule has 2 aromatic rings. The summed E-state index contributed by atoms with van der Waals surface area (Å²) < 4.78 is 0. The third-order valence-electron chi connectivity index (χ3n) is 4.45. The second-order valence-corrected chi connectivity index (χ2v) is 6.39. The lowest BCUT2D eigenvalue weighted by Crippen LogP contribution is -2.37. The minimum absolute atomic E-state index is 0.0528. The van der Waals surface area contributed by atoms with Crippen LogP contribution >= 0.6 is 0 Å². The number of aromatic nitrogens is 1. The number of benzene rings is 1. The van der Waals surface area contributed by atoms with E-state index in [0.717, 1.165) is 11.1 Å². The predicted molar refractivity (Wildman–Crippen MR) is 99.7 cm³/mol. The zero-order valence-electron chi connectivity index (χ0n) is 14.9. The van der Waals surface area contributed by atoms with E-state index in [4.69, 9.17) is 0 Å². The summed E-state index contributed by atoms with van der Waals surface area (Å²) in [6.45, 7) is 0.768. The van der Waals surface area contributed by atoms with E-state index in [1.807, 2.05) is 42.5 Å². The van der Waals surface area contributed by atoms with Gasteiger partial charge in [0, 0.05) is 25.5 Å². The molecule has 27 heavy (non-hydrogen) atoms. The number of rotatable bonds is 8. The first-order chi connectivity index (χ1) is 13.1. The van der Waals surface area contributed by atoms with Crippen molar-refractivity contribution < 1.29 is 14.4 Å². The van der Waals surface area contributed by atoms with Crippen LogP contribution in [0.25, 0.3) is 0 Å². The van der Waals surface area contributed by atoms with Crippen molar-refractivity contribution in [1.29, 1.82) is 0 Å². The van der Waals surface area contributed by atoms with Gasteiger partial charge in [0.1, 0.15) is 6.04 Å². The predicted octanol–water partition coefficient (Wildman–Crippen LogP) is 1.29. The van der Waals surface area contributed by atoms with Crippen molar-refractivity contribution in [3.63, 3.8) is 0 Å². The number of nitrogens with one attached hydrogen (secondary N) is 2. The molecule has 1 saturated heterocycles. The third-order valence-corrected chi connectivity index (χ3v) is 4.45. The van der Waals surface area contributed by atoms with Gasteiger partial charge in [0.05, 0.1) is 6.42 Å². The molecular formula is C20H22N4O3. The fraction of sp³-hybridized carbons (Fsp3) is 0.300. The van der Waals surface area contributed by atoms with Gasteiger partial charge in [-0.3, -0.25) is 19.5 Å². The Labute approximate surface area is 157 Å². The molecule has 140 valence electrons. The molecule has 3 rings (SSSR count). The molecule has 1 aromatic carbocycles. The summed E-state index contributed by atoms with van der Waals surface area (Å²) in [7, 11) is 0. The Morgan fingerprint density at radius 3 is 2.48 bits per heavy atom. The smallest absolute Gasteiger partial charge is 0.324 e. The van der Waals surface area contributed by atoms with Gasteiger partial charge in [-0.1, -0.05) is 30.3 Å². The molecule has 1 aliphatic rings. The first kappa shape index (κ1) is 18.6. The van der Waals surface area contributed by atoms with Gasteiger partial charge >= 0.3 is 6.03 Å². The molecule has 0 bridgehead atoms. The van der Waals surface area contributed by atoms with E-state index >= 15 is 0 Å². The monoisotopic (exact) mass is 366 g/mol. The van der Waals surface area contributed by atoms with Crippen LogP contribution in [0.3, 0.4) is 0 Å². The van der Waals surface area contributed by atoms with Crippen molar-refractivity contribution in [3.8, 4) is 0 Å². The van der Waals surface area contributed by atoms with Crippen molar-refractivity contribution in [3.05, 3.63) is 66.0 Å². The molecule has 1 aromatic heterocycles. The number of hydrogen-bond acceptors (Lipinski definition) is 4. The zero-order valence-corrected chi connectivity index (χ0v) is 14.9. The highest BCUT2D eigenvalue weighted by molar-refractivity contribution is 6.05. The van der Waals surface area contributed by atoms with Crippen molar-refractivity contribution >= 4 is 17.8 Å². The number of amides is 4. The Hall–Kier alpha value is -3.22. The van der Waals surface area contributed by atoms with Crippen LogP contribution in [0.4, 0.5) is 4.79 Å². The molecule has 7 nitrogen and oxygen atoms in total. The van der Waals surface area contributed by atoms with E-state index in [0.29, 0.717) is 25.9 Å². The average molecular weight is 366 g/mol. The molecule has 1 aliphatic heterocycles. The first-order valence-electron chi connectivity index (χ1n) is 8.95. The summed E-state index contributed by atoms with van der Waals surface area (Å²) in [5.74, 6) is -0.604. The molecule has 1 atom stereocenters. The lowest BCUT2D eigenvalue weighted by Gasteiger charge is -2.13. The fourth-order valence-corrected chi connectivity index (χ4v) is 2.97. The number of urea groups is 1. The van der Waals surface area contributed by atoms with Crippen LogP contribution in [-0.2, 0) is 22.4 Å². The molecule has 0 radical (unpaired) electrons. The minimum Gasteiger partial charge on any atom is -0.356 e. The van der Waals surface area contributed by atoms with Crippen molar-refractivity contribution in [2.75, 3.05) is 13.1 Å². The van der Waals surface area contributed by atoms with E-state index in [9.17, 15) is 14.4 Å². The maximum absolute atomic E-state index is 12.4. The van der Waals surface area contributed by atoms with E-state index in [2.05, 4.69) is 15.6 Å². The molecule has 7 heteroatoms. The van der Waals surface area contributed by atoms with E-state index in [1.165, 1.54) is 4.90 Å². The van der Waals surface area contributed by atoms with Crippen molar-refractivity contribution in [2.45, 2.75) is 25.3 Å². The van der Waals surface area contributed by atoms with Crippen LogP contribution < -0.4 is 10.6 Å². The average Bonchev–Trinajstić information content (AvgIpc) is 2.94. The second kappa shape index (κ2) is 8.93. The van der Waals surface area contributed by atoms with Gasteiger partial charge in [0.25, 0.3) is 5.91 Å². The highest BCUT2D eigenvalue weighted by atomic mass is 16.2. The number of hydrogen-bond donors (Lipinski definition) is 2. The molecule has 1 unspecified atom stereocenters. The summed E-state index contributed by atoms with van der Waals surface area (Å²) in [6, 6.07) is 12.2. The van der Waals surface area contributed by atoms with Crippen LogP contribution in [0.1, 0.15) is 17.5 Å². The standard InChI is InChI=1S/C20H22N4O3/c25-18(22-12-8-16-6-10-21-11-7-16)14-17-19(26)24(20(27)23-17)13-9-15-4-2-1-3-5-15/h1-7,10-11,17H,8-9,12-14H2,(H,22,25)(H,23,27). The second-order valence-electron chi connectivity index (χ2n) is 6.39. The molecule has 0 saturated carbocycles. The number of pyridine rings is 1. The van der Waals surface area contributed by atoms with Gasteiger partial charge in [-0.15, -0.1) is 0 Å². The van der Waals surface area contributed by atoms with Crippen LogP contribution in [0.2, 0.25) is 0 Å². The SMILES string of the molecule is O=C(CC1NC(=O)N(CCc2ccccc2)C1=O)NCCc1ccncc1. The maximum atomic E-state index is 12.4. The Balaban J connectivity index is 1.44. The van der Waals surface area contributed by atoms with E-state index in [1.54, 1.807) is 12.4 Å². The Bertz CT molecular complexity index is 795. The third kappa shape index (κ3) is 5.13. The quantitative estimate of drug-likeness (QED) is 0.689. The van der Waals surface area contributed by atoms with Gasteiger partial charge in [-0.25, -0.2) is 4.79 Å². The highest BCUT2D eigenvalue weighted by Crippen LogP contribution is 2.11. The number of carbonyl (C=O) groups excluding carboxylic acids is 3. The van der Waals surface area contributed by atoms with Gasteiger partial charge < -0.3 is 10.6 Å². The topological polar surface area (TPSA) is 91.4 Å². The van der Waals surface area contributed by atoms with Gasteiger partial charge in [-0.2, -0.15) is 0 Å². The maximum Gasteiger partial charge on any atom is 0.324 e. The van der Waals surface area contributed by atoms with Gasteiger partial charge in [0.15, 0.2) is 0 Å². The Kier molecular flexibility index (Phi) is 6.14. The molecule has 1 fully saturated rings. The number of nitrogens with zero attached hydrogens (tertiary/aromatic N) is 2. The van der Waals surface area contributed by atoms with E-state index < -0.39 is 12.1 Å². The van der Waals surface area contributed by atoms with E-state index in [-0.39, 0.29) is 18.2 Å². The lowest BCUT2D eigenvalue weighted by molar-refractivity contribution is -0.130. The highest BCUT2D eigenvalue weighted by Gasteiger charge is 2.38. The zero-order chi connectivity index (χ0) is 19.1. The van der Waals surface area contributed by atoms with Crippen molar-refractivity contribution in [2.24, 2.45) is 0 Å². The molecule has 0 spiro atoms. The number of imide groups is 1. The fourth-order valence-electron chi connectivity index (χ4n) is 2.97. The normalized spacial score (nSPS) is 16.3. The largest absolute Gasteiger partial charge is 0.356 e. The van der Waals surface area contributed by atoms with Crippen LogP contribution in [0.5, 0.6) is 0 Å². The molecule has 4 amide bonds. The van der Waals surface area contributed by atoms with Gasteiger partial charge in [0.2, 0.25) is 5.91 Å². The Morgan fingerprint density at radius 1 is 1.04 bits per heavy atom. The summed E-state index contributed by atoms with van der Waals surface area (Å²) in [5.41, 5.74) is 2.12. The first-order valence-corrected chi connectivity index (χ1v) is 8.95. The molecular weight excluding hydrogens is 344 g/mol. The van der Waals surface area contributed by atoms with Gasteiger partial charge in [-0.05, 0) is 36.1 Å². The summed E-state index contributed by atoms with van der Waals surface area (Å²) in [6.07, 6.45) is 4.62. The summed E-state index contributed by atoms with van der Waals surface area (Å²) >= 11 is 0. The molecule has 2 heterocycles. The number of carbonyl (C=O) groups is 3. The van der Waals surface area contributed by atoms with Crippen LogP contribution in [0.15, 0.2) is 54.9 Å². The van der Waals surface area contributed by atoms with Crippen LogP contribution in [-0.4, -0.2) is 46.9 Å². The summed E-state index contributed by atoms with van der Waals surface area (Å²) in [4.78, 5) is 41.7. The van der Waals surface area contributed by atoms with Crippen LogP contribution in [0, 0.1) is 0 Å².